The molecule has 0 radical (unpaired) electrons. The number of hydrogen-bond donors (Lipinski definition) is 2. The lowest BCUT2D eigenvalue weighted by molar-refractivity contribution is 0.470. The highest BCUT2D eigenvalue weighted by molar-refractivity contribution is 7.10. The Morgan fingerprint density at radius 1 is 1.31 bits per heavy atom. The van der Waals surface area contributed by atoms with Gasteiger partial charge in [0.15, 0.2) is 0 Å². The summed E-state index contributed by atoms with van der Waals surface area (Å²) in [6.45, 7) is 10.1. The van der Waals surface area contributed by atoms with E-state index in [9.17, 15) is 0 Å². The van der Waals surface area contributed by atoms with Crippen LogP contribution in [0, 0.1) is 6.92 Å². The van der Waals surface area contributed by atoms with Gasteiger partial charge in [0, 0.05) is 16.8 Å². The third kappa shape index (κ3) is 3.89. The summed E-state index contributed by atoms with van der Waals surface area (Å²) in [4.78, 5) is 1.51. The molecule has 1 rings (SSSR count). The SMILES string of the molecule is CNCCCNCC(C)(C)c1sccc1C. The van der Waals surface area contributed by atoms with Crippen LogP contribution in [0.3, 0.4) is 0 Å². The average Bonchev–Trinajstić information content (AvgIpc) is 2.65. The highest BCUT2D eigenvalue weighted by Gasteiger charge is 2.22. The first-order chi connectivity index (χ1) is 7.58. The molecule has 0 atom stereocenters. The van der Waals surface area contributed by atoms with E-state index in [0.717, 1.165) is 19.6 Å². The molecule has 3 heteroatoms. The van der Waals surface area contributed by atoms with Crippen LogP contribution in [-0.4, -0.2) is 26.7 Å². The minimum atomic E-state index is 0.248. The fourth-order valence-corrected chi connectivity index (χ4v) is 2.99. The van der Waals surface area contributed by atoms with Crippen LogP contribution in [0.15, 0.2) is 11.4 Å². The third-order valence-corrected chi connectivity index (χ3v) is 4.21. The van der Waals surface area contributed by atoms with Gasteiger partial charge < -0.3 is 10.6 Å². The van der Waals surface area contributed by atoms with Crippen molar-refractivity contribution in [1.29, 1.82) is 0 Å². The third-order valence-electron chi connectivity index (χ3n) is 2.82. The van der Waals surface area contributed by atoms with Crippen molar-refractivity contribution in [2.24, 2.45) is 0 Å². The maximum absolute atomic E-state index is 3.54. The Kier molecular flexibility index (Phi) is 5.46. The quantitative estimate of drug-likeness (QED) is 0.716. The van der Waals surface area contributed by atoms with E-state index >= 15 is 0 Å². The van der Waals surface area contributed by atoms with Gasteiger partial charge in [0.1, 0.15) is 0 Å². The van der Waals surface area contributed by atoms with E-state index in [1.807, 2.05) is 18.4 Å². The van der Waals surface area contributed by atoms with Gasteiger partial charge in [0.25, 0.3) is 0 Å². The summed E-state index contributed by atoms with van der Waals surface area (Å²) >= 11 is 1.87. The zero-order valence-corrected chi connectivity index (χ0v) is 11.7. The second-order valence-electron chi connectivity index (χ2n) is 4.95. The highest BCUT2D eigenvalue weighted by Crippen LogP contribution is 2.30. The van der Waals surface area contributed by atoms with Gasteiger partial charge in [-0.2, -0.15) is 0 Å². The van der Waals surface area contributed by atoms with Gasteiger partial charge in [0.05, 0.1) is 0 Å². The van der Waals surface area contributed by atoms with E-state index in [1.54, 1.807) is 0 Å². The van der Waals surface area contributed by atoms with Crippen molar-refractivity contribution in [3.05, 3.63) is 21.9 Å². The van der Waals surface area contributed by atoms with E-state index in [4.69, 9.17) is 0 Å². The van der Waals surface area contributed by atoms with E-state index in [1.165, 1.54) is 16.9 Å². The minimum absolute atomic E-state index is 0.248. The van der Waals surface area contributed by atoms with Crippen molar-refractivity contribution < 1.29 is 0 Å². The smallest absolute Gasteiger partial charge is 0.0143 e. The number of hydrogen-bond acceptors (Lipinski definition) is 3. The van der Waals surface area contributed by atoms with E-state index in [0.29, 0.717) is 0 Å². The predicted molar refractivity (Wildman–Crippen MR) is 73.5 cm³/mol. The summed E-state index contributed by atoms with van der Waals surface area (Å²) in [5.41, 5.74) is 1.67. The molecule has 1 heterocycles. The average molecular weight is 240 g/mol. The maximum atomic E-state index is 3.54. The van der Waals surface area contributed by atoms with Crippen molar-refractivity contribution in [2.45, 2.75) is 32.6 Å². The molecule has 0 amide bonds. The highest BCUT2D eigenvalue weighted by atomic mass is 32.1. The Balaban J connectivity index is 2.37. The Hall–Kier alpha value is -0.380. The van der Waals surface area contributed by atoms with Crippen LogP contribution < -0.4 is 10.6 Å². The normalized spacial score (nSPS) is 12.0. The molecule has 1 aromatic heterocycles. The molecule has 0 aliphatic heterocycles. The zero-order valence-electron chi connectivity index (χ0n) is 10.9. The number of rotatable bonds is 7. The van der Waals surface area contributed by atoms with E-state index in [-0.39, 0.29) is 5.41 Å². The molecule has 0 aliphatic carbocycles. The molecule has 16 heavy (non-hydrogen) atoms. The van der Waals surface area contributed by atoms with Crippen molar-refractivity contribution in [3.8, 4) is 0 Å². The Morgan fingerprint density at radius 2 is 2.06 bits per heavy atom. The van der Waals surface area contributed by atoms with Gasteiger partial charge in [0.2, 0.25) is 0 Å². The van der Waals surface area contributed by atoms with Crippen LogP contribution in [0.25, 0.3) is 0 Å². The van der Waals surface area contributed by atoms with Gasteiger partial charge in [-0.15, -0.1) is 11.3 Å². The maximum Gasteiger partial charge on any atom is 0.0143 e. The fraction of sp³-hybridized carbons (Fsp3) is 0.692. The van der Waals surface area contributed by atoms with Crippen molar-refractivity contribution in [3.63, 3.8) is 0 Å². The summed E-state index contributed by atoms with van der Waals surface area (Å²) in [7, 11) is 2.00. The van der Waals surface area contributed by atoms with Gasteiger partial charge in [-0.25, -0.2) is 0 Å². The monoisotopic (exact) mass is 240 g/mol. The van der Waals surface area contributed by atoms with Crippen LogP contribution in [0.5, 0.6) is 0 Å². The van der Waals surface area contributed by atoms with Crippen LogP contribution in [0.4, 0.5) is 0 Å². The van der Waals surface area contributed by atoms with Crippen LogP contribution in [-0.2, 0) is 5.41 Å². The van der Waals surface area contributed by atoms with Gasteiger partial charge in [-0.05, 0) is 50.5 Å². The van der Waals surface area contributed by atoms with E-state index < -0.39 is 0 Å². The van der Waals surface area contributed by atoms with Crippen LogP contribution in [0.2, 0.25) is 0 Å². The first-order valence-corrected chi connectivity index (χ1v) is 6.86. The van der Waals surface area contributed by atoms with Crippen molar-refractivity contribution in [2.75, 3.05) is 26.7 Å². The second kappa shape index (κ2) is 6.38. The lowest BCUT2D eigenvalue weighted by Gasteiger charge is -2.25. The summed E-state index contributed by atoms with van der Waals surface area (Å²) < 4.78 is 0. The Labute approximate surface area is 103 Å². The molecule has 0 aliphatic rings. The summed E-state index contributed by atoms with van der Waals surface area (Å²) in [6.07, 6.45) is 1.19. The molecule has 0 spiro atoms. The molecule has 2 nitrogen and oxygen atoms in total. The lowest BCUT2D eigenvalue weighted by Crippen LogP contribution is -2.34. The molecule has 0 saturated heterocycles. The molecule has 0 saturated carbocycles. The molecule has 0 unspecified atom stereocenters. The summed E-state index contributed by atoms with van der Waals surface area (Å²) in [6, 6.07) is 2.21. The summed E-state index contributed by atoms with van der Waals surface area (Å²) in [5, 5.41) is 8.89. The molecule has 1 aromatic rings. The largest absolute Gasteiger partial charge is 0.320 e. The second-order valence-corrected chi connectivity index (χ2v) is 5.87. The fourth-order valence-electron chi connectivity index (χ4n) is 1.94. The zero-order chi connectivity index (χ0) is 12.0. The molecule has 2 N–H and O–H groups in total. The van der Waals surface area contributed by atoms with Crippen molar-refractivity contribution >= 4 is 11.3 Å². The first-order valence-electron chi connectivity index (χ1n) is 5.98. The number of aryl methyl sites for hydroxylation is 1. The predicted octanol–water partition coefficient (Wildman–Crippen LogP) is 2.53. The summed E-state index contributed by atoms with van der Waals surface area (Å²) in [5.74, 6) is 0. The van der Waals surface area contributed by atoms with Gasteiger partial charge >= 0.3 is 0 Å². The van der Waals surface area contributed by atoms with E-state index in [2.05, 4.69) is 42.9 Å². The molecule has 0 bridgehead atoms. The lowest BCUT2D eigenvalue weighted by atomic mass is 9.89. The van der Waals surface area contributed by atoms with Crippen molar-refractivity contribution in [1.82, 2.24) is 10.6 Å². The van der Waals surface area contributed by atoms with Gasteiger partial charge in [-0.1, -0.05) is 13.8 Å². The molecule has 92 valence electrons. The molecule has 0 fully saturated rings. The topological polar surface area (TPSA) is 24.1 Å². The molecular formula is C13H24N2S. The number of thiophene rings is 1. The standard InChI is InChI=1S/C13H24N2S/c1-11-6-9-16-12(11)13(2,3)10-15-8-5-7-14-4/h6,9,14-15H,5,7-8,10H2,1-4H3. The van der Waals surface area contributed by atoms with Gasteiger partial charge in [-0.3, -0.25) is 0 Å². The van der Waals surface area contributed by atoms with Crippen LogP contribution in [0.1, 0.15) is 30.7 Å². The minimum Gasteiger partial charge on any atom is -0.320 e. The first kappa shape index (κ1) is 13.7. The Morgan fingerprint density at radius 3 is 2.62 bits per heavy atom. The number of nitrogens with one attached hydrogen (secondary N) is 2. The Bertz CT molecular complexity index is 305. The van der Waals surface area contributed by atoms with Crippen LogP contribution >= 0.6 is 11.3 Å². The molecular weight excluding hydrogens is 216 g/mol. The molecule has 0 aromatic carbocycles.